The van der Waals surface area contributed by atoms with Crippen molar-refractivity contribution in [1.29, 1.82) is 0 Å². The van der Waals surface area contributed by atoms with Crippen LogP contribution in [0.25, 0.3) is 0 Å². The van der Waals surface area contributed by atoms with Crippen LogP contribution < -0.4 is 9.46 Å². The molecule has 1 amide bonds. The van der Waals surface area contributed by atoms with Gasteiger partial charge in [0, 0.05) is 45.5 Å². The summed E-state index contributed by atoms with van der Waals surface area (Å²) in [5.41, 5.74) is 1.84. The summed E-state index contributed by atoms with van der Waals surface area (Å²) < 4.78 is 37.8. The first-order valence-electron chi connectivity index (χ1n) is 11.4. The number of hydrogen-bond acceptors (Lipinski definition) is 6. The highest BCUT2D eigenvalue weighted by molar-refractivity contribution is 7.92. The van der Waals surface area contributed by atoms with Gasteiger partial charge in [0.1, 0.15) is 12.4 Å². The Balaban J connectivity index is 1.96. The van der Waals surface area contributed by atoms with Gasteiger partial charge >= 0.3 is 0 Å². The van der Waals surface area contributed by atoms with Crippen LogP contribution in [-0.4, -0.2) is 76.4 Å². The number of fused-ring (bicyclic) bond motifs is 1. The van der Waals surface area contributed by atoms with Gasteiger partial charge in [-0.3, -0.25) is 14.4 Å². The number of nitrogens with zero attached hydrogens (tertiary/aromatic N) is 2. The van der Waals surface area contributed by atoms with Crippen LogP contribution in [0.5, 0.6) is 5.75 Å². The number of methoxy groups -OCH3 is 1. The fraction of sp³-hybridized carbons (Fsp3) is 0.480. The van der Waals surface area contributed by atoms with Gasteiger partial charge in [-0.25, -0.2) is 8.42 Å². The number of benzene rings is 2. The molecule has 0 bridgehead atoms. The predicted molar refractivity (Wildman–Crippen MR) is 134 cm³/mol. The maximum absolute atomic E-state index is 13.3. The molecule has 0 saturated carbocycles. The Bertz CT molecular complexity index is 1080. The number of ether oxygens (including phenoxy) is 2. The lowest BCUT2D eigenvalue weighted by Crippen LogP contribution is -2.46. The van der Waals surface area contributed by atoms with Crippen LogP contribution in [-0.2, 0) is 21.3 Å². The molecule has 0 aliphatic carbocycles. The molecule has 186 valence electrons. The maximum Gasteiger partial charge on any atom is 0.257 e. The number of anilines is 1. The third-order valence-electron chi connectivity index (χ3n) is 6.11. The average Bonchev–Trinajstić information content (AvgIpc) is 2.79. The lowest BCUT2D eigenvalue weighted by Gasteiger charge is -2.36. The minimum Gasteiger partial charge on any atom is -0.491 e. The topological polar surface area (TPSA) is 88.2 Å². The van der Waals surface area contributed by atoms with Gasteiger partial charge in [-0.05, 0) is 36.6 Å². The minimum atomic E-state index is -3.48. The number of amides is 1. The highest BCUT2D eigenvalue weighted by atomic mass is 32.2. The van der Waals surface area contributed by atoms with Gasteiger partial charge in [0.15, 0.2) is 0 Å². The summed E-state index contributed by atoms with van der Waals surface area (Å²) in [6, 6.07) is 15.1. The second-order valence-electron chi connectivity index (χ2n) is 9.10. The van der Waals surface area contributed by atoms with E-state index < -0.39 is 10.0 Å². The van der Waals surface area contributed by atoms with Crippen LogP contribution in [0, 0.1) is 5.92 Å². The first-order chi connectivity index (χ1) is 16.1. The largest absolute Gasteiger partial charge is 0.491 e. The molecule has 0 spiro atoms. The Morgan fingerprint density at radius 3 is 2.47 bits per heavy atom. The number of likely N-dealkylation sites (N-methyl/N-ethyl adjacent to an activating group) is 1. The Hall–Kier alpha value is -2.62. The number of sulfonamides is 1. The van der Waals surface area contributed by atoms with Gasteiger partial charge in [0.25, 0.3) is 5.91 Å². The minimum absolute atomic E-state index is 0.0640. The van der Waals surface area contributed by atoms with E-state index in [1.54, 1.807) is 31.2 Å². The Morgan fingerprint density at radius 2 is 1.82 bits per heavy atom. The Labute approximate surface area is 202 Å². The van der Waals surface area contributed by atoms with Crippen molar-refractivity contribution in [3.63, 3.8) is 0 Å². The summed E-state index contributed by atoms with van der Waals surface area (Å²) in [6.07, 6.45) is 0.908. The molecule has 1 N–H and O–H groups in total. The van der Waals surface area contributed by atoms with Crippen LogP contribution in [0.4, 0.5) is 5.69 Å². The van der Waals surface area contributed by atoms with Crippen molar-refractivity contribution in [1.82, 2.24) is 9.80 Å². The van der Waals surface area contributed by atoms with Gasteiger partial charge < -0.3 is 14.4 Å². The van der Waals surface area contributed by atoms with Crippen LogP contribution >= 0.6 is 0 Å². The number of rotatable bonds is 5. The fourth-order valence-corrected chi connectivity index (χ4v) is 4.72. The molecule has 34 heavy (non-hydrogen) atoms. The molecule has 0 fully saturated rings. The highest BCUT2D eigenvalue weighted by Gasteiger charge is 2.28. The van der Waals surface area contributed by atoms with E-state index in [0.717, 1.165) is 19.3 Å². The zero-order chi connectivity index (χ0) is 24.9. The molecule has 3 atom stereocenters. The van der Waals surface area contributed by atoms with Crippen LogP contribution in [0.1, 0.15) is 29.8 Å². The summed E-state index contributed by atoms with van der Waals surface area (Å²) in [6.45, 7) is 6.56. The van der Waals surface area contributed by atoms with Crippen molar-refractivity contribution in [3.05, 3.63) is 59.7 Å². The Morgan fingerprint density at radius 1 is 1.12 bits per heavy atom. The molecular weight excluding hydrogens is 454 g/mol. The maximum atomic E-state index is 13.3. The zero-order valence-corrected chi connectivity index (χ0v) is 21.3. The smallest absolute Gasteiger partial charge is 0.257 e. The van der Waals surface area contributed by atoms with Crippen LogP contribution in [0.15, 0.2) is 48.5 Å². The highest BCUT2D eigenvalue weighted by Crippen LogP contribution is 2.27. The first kappa shape index (κ1) is 26.0. The molecule has 0 unspecified atom stereocenters. The number of carbonyl (C=O) groups excluding carboxylic acids is 1. The molecule has 1 aliphatic heterocycles. The quantitative estimate of drug-likeness (QED) is 0.695. The molecule has 9 heteroatoms. The molecule has 0 radical (unpaired) electrons. The molecule has 2 aromatic rings. The molecular formula is C25H35N3O5S. The van der Waals surface area contributed by atoms with Crippen molar-refractivity contribution in [2.45, 2.75) is 32.5 Å². The molecule has 2 aromatic carbocycles. The summed E-state index contributed by atoms with van der Waals surface area (Å²) in [5, 5.41) is 0. The first-order valence-corrected chi connectivity index (χ1v) is 13.3. The average molecular weight is 490 g/mol. The van der Waals surface area contributed by atoms with E-state index in [9.17, 15) is 13.2 Å². The van der Waals surface area contributed by atoms with Crippen LogP contribution in [0.2, 0.25) is 0 Å². The molecule has 0 aromatic heterocycles. The van der Waals surface area contributed by atoms with Gasteiger partial charge in [0.2, 0.25) is 10.0 Å². The molecule has 3 rings (SSSR count). The third kappa shape index (κ3) is 6.94. The van der Waals surface area contributed by atoms with E-state index in [4.69, 9.17) is 9.47 Å². The zero-order valence-electron chi connectivity index (χ0n) is 20.5. The SMILES string of the molecule is CO[C@@H]1CN(C)C(=O)c2cc(NS(C)(=O)=O)ccc2OC[C@@H](C)N(Cc2ccccc2)C[C@H]1C. The number of hydrogen-bond donors (Lipinski definition) is 1. The predicted octanol–water partition coefficient (Wildman–Crippen LogP) is 3.06. The van der Waals surface area contributed by atoms with Crippen molar-refractivity contribution in [2.75, 3.05) is 44.8 Å². The van der Waals surface area contributed by atoms with E-state index in [1.807, 2.05) is 18.2 Å². The second-order valence-corrected chi connectivity index (χ2v) is 10.8. The summed E-state index contributed by atoms with van der Waals surface area (Å²) in [5.74, 6) is 0.323. The number of nitrogens with one attached hydrogen (secondary N) is 1. The van der Waals surface area contributed by atoms with E-state index in [0.29, 0.717) is 30.2 Å². The summed E-state index contributed by atoms with van der Waals surface area (Å²) in [4.78, 5) is 17.3. The fourth-order valence-electron chi connectivity index (χ4n) is 4.17. The third-order valence-corrected chi connectivity index (χ3v) is 6.71. The van der Waals surface area contributed by atoms with Gasteiger partial charge in [0.05, 0.1) is 17.9 Å². The van der Waals surface area contributed by atoms with Crippen molar-refractivity contribution < 1.29 is 22.7 Å². The van der Waals surface area contributed by atoms with Crippen molar-refractivity contribution in [2.24, 2.45) is 5.92 Å². The van der Waals surface area contributed by atoms with E-state index >= 15 is 0 Å². The lowest BCUT2D eigenvalue weighted by molar-refractivity contribution is 0.00922. The Kier molecular flexibility index (Phi) is 8.57. The normalized spacial score (nSPS) is 22.8. The second kappa shape index (κ2) is 11.2. The van der Waals surface area contributed by atoms with E-state index in [2.05, 4.69) is 35.6 Å². The standard InChI is InChI=1S/C25H35N3O5S/c1-18-14-28(15-20-9-7-6-8-10-20)19(2)17-33-23-12-11-21(26-34(5,30)31)13-22(23)25(29)27(3)16-24(18)32-4/h6-13,18-19,24,26H,14-17H2,1-5H3/t18-,19-,24-/m1/s1. The summed E-state index contributed by atoms with van der Waals surface area (Å²) >= 11 is 0. The molecule has 1 aliphatic rings. The molecule has 8 nitrogen and oxygen atoms in total. The monoisotopic (exact) mass is 489 g/mol. The summed E-state index contributed by atoms with van der Waals surface area (Å²) in [7, 11) is -0.0949. The lowest BCUT2D eigenvalue weighted by atomic mass is 10.0. The molecule has 0 saturated heterocycles. The van der Waals surface area contributed by atoms with Crippen LogP contribution in [0.3, 0.4) is 0 Å². The molecule has 1 heterocycles. The van der Waals surface area contributed by atoms with E-state index in [1.165, 1.54) is 11.6 Å². The van der Waals surface area contributed by atoms with Crippen molar-refractivity contribution >= 4 is 21.6 Å². The number of carbonyl (C=O) groups is 1. The van der Waals surface area contributed by atoms with Crippen molar-refractivity contribution in [3.8, 4) is 5.75 Å². The van der Waals surface area contributed by atoms with Gasteiger partial charge in [-0.2, -0.15) is 0 Å². The van der Waals surface area contributed by atoms with E-state index in [-0.39, 0.29) is 24.0 Å². The van der Waals surface area contributed by atoms with Gasteiger partial charge in [-0.15, -0.1) is 0 Å². The van der Waals surface area contributed by atoms with Gasteiger partial charge in [-0.1, -0.05) is 37.3 Å².